The highest BCUT2D eigenvalue weighted by Gasteiger charge is 2.35. The van der Waals surface area contributed by atoms with E-state index in [-0.39, 0.29) is 17.9 Å². The van der Waals surface area contributed by atoms with E-state index in [2.05, 4.69) is 10.6 Å². The predicted octanol–water partition coefficient (Wildman–Crippen LogP) is 1.97. The van der Waals surface area contributed by atoms with E-state index in [0.717, 1.165) is 19.4 Å². The van der Waals surface area contributed by atoms with Gasteiger partial charge in [0, 0.05) is 12.2 Å². The SMILES string of the molecule is O=C(N[C@@H]1CCN(c2ccc(Cl)c(Cl)c2)C1=O)[C@H]1CCCN1. The van der Waals surface area contributed by atoms with Gasteiger partial charge in [0.25, 0.3) is 0 Å². The summed E-state index contributed by atoms with van der Waals surface area (Å²) in [6.45, 7) is 1.41. The van der Waals surface area contributed by atoms with E-state index in [0.29, 0.717) is 28.7 Å². The van der Waals surface area contributed by atoms with E-state index in [1.165, 1.54) is 0 Å². The molecule has 0 unspecified atom stereocenters. The predicted molar refractivity (Wildman–Crippen MR) is 86.4 cm³/mol. The number of halogens is 2. The van der Waals surface area contributed by atoms with Crippen molar-refractivity contribution in [2.24, 2.45) is 0 Å². The Kier molecular flexibility index (Phi) is 4.57. The molecule has 5 nitrogen and oxygen atoms in total. The normalized spacial score (nSPS) is 24.8. The number of hydrogen-bond donors (Lipinski definition) is 2. The third-order valence-electron chi connectivity index (χ3n) is 4.11. The lowest BCUT2D eigenvalue weighted by Gasteiger charge is -2.19. The Bertz CT molecular complexity index is 602. The number of hydrogen-bond acceptors (Lipinski definition) is 3. The van der Waals surface area contributed by atoms with E-state index >= 15 is 0 Å². The van der Waals surface area contributed by atoms with Crippen molar-refractivity contribution in [1.29, 1.82) is 0 Å². The van der Waals surface area contributed by atoms with Crippen molar-refractivity contribution in [2.45, 2.75) is 31.3 Å². The fraction of sp³-hybridized carbons (Fsp3) is 0.467. The lowest BCUT2D eigenvalue weighted by Crippen LogP contribution is -2.48. The minimum absolute atomic E-state index is 0.0909. The summed E-state index contributed by atoms with van der Waals surface area (Å²) < 4.78 is 0. The van der Waals surface area contributed by atoms with Crippen LogP contribution in [0.3, 0.4) is 0 Å². The van der Waals surface area contributed by atoms with Gasteiger partial charge in [-0.2, -0.15) is 0 Å². The minimum atomic E-state index is -0.468. The molecule has 0 aliphatic carbocycles. The molecule has 3 rings (SSSR count). The Hall–Kier alpha value is -1.30. The van der Waals surface area contributed by atoms with Crippen LogP contribution in [0.5, 0.6) is 0 Å². The van der Waals surface area contributed by atoms with Crippen molar-refractivity contribution in [2.75, 3.05) is 18.0 Å². The van der Waals surface area contributed by atoms with Crippen LogP contribution < -0.4 is 15.5 Å². The summed E-state index contributed by atoms with van der Waals surface area (Å²) in [5.41, 5.74) is 0.704. The van der Waals surface area contributed by atoms with Crippen molar-refractivity contribution >= 4 is 40.7 Å². The van der Waals surface area contributed by atoms with Gasteiger partial charge < -0.3 is 15.5 Å². The molecule has 2 amide bonds. The van der Waals surface area contributed by atoms with Crippen molar-refractivity contribution in [3.8, 4) is 0 Å². The van der Waals surface area contributed by atoms with Crippen LogP contribution in [0, 0.1) is 0 Å². The molecule has 2 N–H and O–H groups in total. The summed E-state index contributed by atoms with van der Waals surface area (Å²) in [6, 6.07) is 4.46. The first-order valence-electron chi connectivity index (χ1n) is 7.36. The number of carbonyl (C=O) groups is 2. The second-order valence-electron chi connectivity index (χ2n) is 5.59. The molecule has 2 aliphatic rings. The summed E-state index contributed by atoms with van der Waals surface area (Å²) in [5, 5.41) is 6.84. The third-order valence-corrected chi connectivity index (χ3v) is 4.85. The molecule has 118 valence electrons. The van der Waals surface area contributed by atoms with Gasteiger partial charge in [-0.15, -0.1) is 0 Å². The van der Waals surface area contributed by atoms with Crippen molar-refractivity contribution in [1.82, 2.24) is 10.6 Å². The fourth-order valence-electron chi connectivity index (χ4n) is 2.90. The van der Waals surface area contributed by atoms with E-state index in [1.807, 2.05) is 0 Å². The maximum atomic E-state index is 12.5. The largest absolute Gasteiger partial charge is 0.343 e. The number of nitrogens with zero attached hydrogens (tertiary/aromatic N) is 1. The lowest BCUT2D eigenvalue weighted by atomic mass is 10.2. The summed E-state index contributed by atoms with van der Waals surface area (Å²) in [5.74, 6) is -0.198. The van der Waals surface area contributed by atoms with Crippen molar-refractivity contribution in [3.05, 3.63) is 28.2 Å². The van der Waals surface area contributed by atoms with Crippen molar-refractivity contribution in [3.63, 3.8) is 0 Å². The zero-order valence-electron chi connectivity index (χ0n) is 11.9. The van der Waals surface area contributed by atoms with Crippen molar-refractivity contribution < 1.29 is 9.59 Å². The van der Waals surface area contributed by atoms with E-state index in [1.54, 1.807) is 23.1 Å². The topological polar surface area (TPSA) is 61.4 Å². The summed E-state index contributed by atoms with van der Waals surface area (Å²) in [4.78, 5) is 26.2. The smallest absolute Gasteiger partial charge is 0.249 e. The van der Waals surface area contributed by atoms with Crippen LogP contribution >= 0.6 is 23.2 Å². The molecular formula is C15H17Cl2N3O2. The number of carbonyl (C=O) groups excluding carboxylic acids is 2. The summed E-state index contributed by atoms with van der Waals surface area (Å²) in [6.07, 6.45) is 2.41. The van der Waals surface area contributed by atoms with Gasteiger partial charge in [0.2, 0.25) is 11.8 Å². The van der Waals surface area contributed by atoms with Gasteiger partial charge in [-0.05, 0) is 44.0 Å². The molecular weight excluding hydrogens is 325 g/mol. The molecule has 1 aromatic rings. The highest BCUT2D eigenvalue weighted by Crippen LogP contribution is 2.29. The van der Waals surface area contributed by atoms with Crippen LogP contribution in [0.1, 0.15) is 19.3 Å². The van der Waals surface area contributed by atoms with Crippen LogP contribution in [-0.2, 0) is 9.59 Å². The zero-order valence-corrected chi connectivity index (χ0v) is 13.5. The van der Waals surface area contributed by atoms with Gasteiger partial charge in [-0.25, -0.2) is 0 Å². The summed E-state index contributed by atoms with van der Waals surface area (Å²) in [7, 11) is 0. The Labute approximate surface area is 138 Å². The first-order chi connectivity index (χ1) is 10.6. The number of benzene rings is 1. The van der Waals surface area contributed by atoms with Crippen LogP contribution in [0.15, 0.2) is 18.2 Å². The Morgan fingerprint density at radius 2 is 2.09 bits per heavy atom. The molecule has 2 atom stereocenters. The number of amides is 2. The fourth-order valence-corrected chi connectivity index (χ4v) is 3.20. The van der Waals surface area contributed by atoms with Crippen LogP contribution in [0.4, 0.5) is 5.69 Å². The molecule has 7 heteroatoms. The Balaban J connectivity index is 1.66. The molecule has 0 aromatic heterocycles. The standard InChI is InChI=1S/C15H17Cl2N3O2/c16-10-4-3-9(8-11(10)17)20-7-5-13(15(20)22)19-14(21)12-2-1-6-18-12/h3-4,8,12-13,18H,1-2,5-7H2,(H,19,21)/t12-,13-/m1/s1. The van der Waals surface area contributed by atoms with Gasteiger partial charge in [0.15, 0.2) is 0 Å². The van der Waals surface area contributed by atoms with Gasteiger partial charge in [-0.3, -0.25) is 9.59 Å². The van der Waals surface area contributed by atoms with E-state index in [4.69, 9.17) is 23.2 Å². The number of rotatable bonds is 3. The highest BCUT2D eigenvalue weighted by atomic mass is 35.5. The van der Waals surface area contributed by atoms with Gasteiger partial charge in [0.1, 0.15) is 6.04 Å². The number of nitrogens with one attached hydrogen (secondary N) is 2. The minimum Gasteiger partial charge on any atom is -0.343 e. The van der Waals surface area contributed by atoms with E-state index in [9.17, 15) is 9.59 Å². The molecule has 1 aromatic carbocycles. The quantitative estimate of drug-likeness (QED) is 0.883. The molecule has 2 aliphatic heterocycles. The zero-order chi connectivity index (χ0) is 15.7. The second kappa shape index (κ2) is 6.44. The molecule has 2 saturated heterocycles. The number of anilines is 1. The van der Waals surface area contributed by atoms with E-state index < -0.39 is 6.04 Å². The third kappa shape index (κ3) is 3.07. The molecule has 0 bridgehead atoms. The summed E-state index contributed by atoms with van der Waals surface area (Å²) >= 11 is 11.9. The average molecular weight is 342 g/mol. The lowest BCUT2D eigenvalue weighted by molar-refractivity contribution is -0.127. The molecule has 0 radical (unpaired) electrons. The monoisotopic (exact) mass is 341 g/mol. The maximum absolute atomic E-state index is 12.5. The van der Waals surface area contributed by atoms with Crippen LogP contribution in [0.25, 0.3) is 0 Å². The Morgan fingerprint density at radius 1 is 1.27 bits per heavy atom. The highest BCUT2D eigenvalue weighted by molar-refractivity contribution is 6.42. The maximum Gasteiger partial charge on any atom is 0.249 e. The molecule has 2 fully saturated rings. The Morgan fingerprint density at radius 3 is 2.77 bits per heavy atom. The average Bonchev–Trinajstić information content (AvgIpc) is 3.13. The molecule has 2 heterocycles. The van der Waals surface area contributed by atoms with Gasteiger partial charge >= 0.3 is 0 Å². The van der Waals surface area contributed by atoms with Crippen LogP contribution in [0.2, 0.25) is 10.0 Å². The first kappa shape index (κ1) is 15.6. The van der Waals surface area contributed by atoms with Gasteiger partial charge in [0.05, 0.1) is 16.1 Å². The second-order valence-corrected chi connectivity index (χ2v) is 6.40. The first-order valence-corrected chi connectivity index (χ1v) is 8.12. The van der Waals surface area contributed by atoms with Crippen LogP contribution in [-0.4, -0.2) is 37.0 Å². The molecule has 0 saturated carbocycles. The molecule has 22 heavy (non-hydrogen) atoms. The van der Waals surface area contributed by atoms with Gasteiger partial charge in [-0.1, -0.05) is 23.2 Å². The molecule has 0 spiro atoms.